The van der Waals surface area contributed by atoms with Gasteiger partial charge in [0.15, 0.2) is 0 Å². The average Bonchev–Trinajstić information content (AvgIpc) is 2.53. The lowest BCUT2D eigenvalue weighted by molar-refractivity contribution is -0.0510. The normalized spacial score (nSPS) is 36.5. The van der Waals surface area contributed by atoms with E-state index in [1.165, 1.54) is 38.5 Å². The molecule has 4 saturated carbocycles. The number of hydrogen-bond donors (Lipinski definition) is 1. The average molecular weight is 306 g/mol. The van der Waals surface area contributed by atoms with Gasteiger partial charge in [0.25, 0.3) is 0 Å². The molecule has 0 aliphatic heterocycles. The molecule has 4 aliphatic carbocycles. The summed E-state index contributed by atoms with van der Waals surface area (Å²) in [6, 6.07) is 2.00. The fraction of sp³-hybridized carbons (Fsp3) is 0.722. The molecule has 0 amide bonds. The summed E-state index contributed by atoms with van der Waals surface area (Å²) < 4.78 is 0. The summed E-state index contributed by atoms with van der Waals surface area (Å²) >= 11 is 0. The second-order valence-electron chi connectivity index (χ2n) is 7.55. The van der Waals surface area contributed by atoms with Crippen molar-refractivity contribution in [3.05, 3.63) is 28.9 Å². The van der Waals surface area contributed by atoms with Gasteiger partial charge < -0.3 is 15.0 Å². The van der Waals surface area contributed by atoms with Gasteiger partial charge in [-0.3, -0.25) is 0 Å². The van der Waals surface area contributed by atoms with Crippen LogP contribution in [0.5, 0.6) is 0 Å². The predicted molar refractivity (Wildman–Crippen MR) is 83.9 cm³/mol. The Balaban J connectivity index is 1.72. The summed E-state index contributed by atoms with van der Waals surface area (Å²) in [5.74, 6) is 2.48. The molecule has 0 radical (unpaired) electrons. The van der Waals surface area contributed by atoms with E-state index >= 15 is 0 Å². The molecular formula is C18H20N5-. The Hall–Kier alpha value is -2.08. The van der Waals surface area contributed by atoms with E-state index in [4.69, 9.17) is 23.7 Å². The Kier molecular flexibility index (Phi) is 4.26. The molecule has 1 N–H and O–H groups in total. The fourth-order valence-corrected chi connectivity index (χ4v) is 5.47. The van der Waals surface area contributed by atoms with E-state index < -0.39 is 12.1 Å². The van der Waals surface area contributed by atoms with Crippen LogP contribution in [0.25, 0.3) is 9.69 Å². The molecule has 4 aliphatic rings. The zero-order valence-corrected chi connectivity index (χ0v) is 13.1. The van der Waals surface area contributed by atoms with Crippen molar-refractivity contribution in [2.75, 3.05) is 6.54 Å². The largest absolute Gasteiger partial charge is 0.451 e. The maximum absolute atomic E-state index is 9.16. The standard InChI is InChI=1S/C18H20N5/c1-21-15(9-19)17(16(10-20)22-2)23-11-18-6-12-3-13(7-18)5-14(4-12)8-18/h12-16,23H,3-8,11H2/q-1. The highest BCUT2D eigenvalue weighted by atomic mass is 15.0. The van der Waals surface area contributed by atoms with Crippen molar-refractivity contribution in [1.82, 2.24) is 5.32 Å². The van der Waals surface area contributed by atoms with E-state index in [2.05, 4.69) is 15.0 Å². The van der Waals surface area contributed by atoms with Gasteiger partial charge in [-0.1, -0.05) is 6.04 Å². The van der Waals surface area contributed by atoms with Crippen LogP contribution >= 0.6 is 0 Å². The topological polar surface area (TPSA) is 68.3 Å². The minimum atomic E-state index is -1.05. The molecule has 0 saturated heterocycles. The van der Waals surface area contributed by atoms with Gasteiger partial charge in [-0.25, -0.2) is 13.1 Å². The summed E-state index contributed by atoms with van der Waals surface area (Å²) in [6.07, 6.45) is 7.72. The van der Waals surface area contributed by atoms with Crippen molar-refractivity contribution in [1.29, 1.82) is 10.5 Å². The Morgan fingerprint density at radius 2 is 1.43 bits per heavy atom. The molecule has 0 aromatic carbocycles. The molecule has 5 heteroatoms. The summed E-state index contributed by atoms with van der Waals surface area (Å²) in [7, 11) is 0. The van der Waals surface area contributed by atoms with Crippen molar-refractivity contribution in [2.45, 2.75) is 50.6 Å². The predicted octanol–water partition coefficient (Wildman–Crippen LogP) is 2.95. The lowest BCUT2D eigenvalue weighted by Crippen LogP contribution is -2.52. The first-order valence-electron chi connectivity index (χ1n) is 8.26. The molecule has 0 heterocycles. The van der Waals surface area contributed by atoms with Gasteiger partial charge in [-0.15, -0.1) is 0 Å². The smallest absolute Gasteiger partial charge is 0.218 e. The van der Waals surface area contributed by atoms with E-state index in [-0.39, 0.29) is 11.5 Å². The number of rotatable bonds is 5. The zero-order valence-electron chi connectivity index (χ0n) is 13.1. The van der Waals surface area contributed by atoms with Crippen LogP contribution in [0.3, 0.4) is 0 Å². The third-order valence-electron chi connectivity index (χ3n) is 5.92. The molecular weight excluding hydrogens is 286 g/mol. The minimum Gasteiger partial charge on any atom is -0.451 e. The molecule has 5 nitrogen and oxygen atoms in total. The second kappa shape index (κ2) is 6.20. The lowest BCUT2D eigenvalue weighted by atomic mass is 9.49. The fourth-order valence-electron chi connectivity index (χ4n) is 5.47. The monoisotopic (exact) mass is 306 g/mol. The summed E-state index contributed by atoms with van der Waals surface area (Å²) in [5, 5.41) is 21.5. The second-order valence-corrected chi connectivity index (χ2v) is 7.55. The summed E-state index contributed by atoms with van der Waals surface area (Å²) in [6.45, 7) is 15.0. The van der Waals surface area contributed by atoms with Gasteiger partial charge >= 0.3 is 0 Å². The van der Waals surface area contributed by atoms with Crippen LogP contribution in [0.2, 0.25) is 0 Å². The quantitative estimate of drug-likeness (QED) is 0.794. The van der Waals surface area contributed by atoms with Gasteiger partial charge in [0.1, 0.15) is 12.1 Å². The highest BCUT2D eigenvalue weighted by Crippen LogP contribution is 2.59. The van der Waals surface area contributed by atoms with Crippen LogP contribution in [0.1, 0.15) is 38.5 Å². The van der Waals surface area contributed by atoms with E-state index in [9.17, 15) is 0 Å². The van der Waals surface area contributed by atoms with E-state index in [0.717, 1.165) is 17.8 Å². The van der Waals surface area contributed by atoms with Gasteiger partial charge in [0.2, 0.25) is 12.1 Å². The SMILES string of the molecule is [C-]#[N+]C(C#N)[C-](NCC12CC3CC(CC(C3)C1)C2)C(C#N)[N+]#[C-]. The first-order chi connectivity index (χ1) is 11.1. The van der Waals surface area contributed by atoms with Crippen LogP contribution in [-0.4, -0.2) is 18.6 Å². The van der Waals surface area contributed by atoms with E-state index in [1.807, 2.05) is 12.1 Å². The van der Waals surface area contributed by atoms with Crippen molar-refractivity contribution in [3.8, 4) is 12.1 Å². The summed E-state index contributed by atoms with van der Waals surface area (Å²) in [5.41, 5.74) is 0.240. The van der Waals surface area contributed by atoms with Crippen LogP contribution < -0.4 is 5.32 Å². The van der Waals surface area contributed by atoms with Crippen LogP contribution in [-0.2, 0) is 0 Å². The first kappa shape index (κ1) is 15.8. The molecule has 23 heavy (non-hydrogen) atoms. The van der Waals surface area contributed by atoms with Gasteiger partial charge in [-0.05, 0) is 68.2 Å². The van der Waals surface area contributed by atoms with Gasteiger partial charge in [0, 0.05) is 0 Å². The number of hydrogen-bond acceptors (Lipinski definition) is 3. The van der Waals surface area contributed by atoms with E-state index in [0.29, 0.717) is 6.54 Å². The lowest BCUT2D eigenvalue weighted by Gasteiger charge is -2.57. The van der Waals surface area contributed by atoms with Crippen molar-refractivity contribution >= 4 is 0 Å². The molecule has 2 atom stereocenters. The Bertz CT molecular complexity index is 530. The van der Waals surface area contributed by atoms with Crippen LogP contribution in [0, 0.1) is 65.0 Å². The van der Waals surface area contributed by atoms with Crippen molar-refractivity contribution in [3.63, 3.8) is 0 Å². The molecule has 4 rings (SSSR count). The van der Waals surface area contributed by atoms with Crippen molar-refractivity contribution in [2.24, 2.45) is 23.2 Å². The molecule has 2 unspecified atom stereocenters. The molecule has 4 bridgehead atoms. The Labute approximate surface area is 137 Å². The Morgan fingerprint density at radius 1 is 1.00 bits per heavy atom. The van der Waals surface area contributed by atoms with E-state index in [1.54, 1.807) is 0 Å². The number of nitrogens with zero attached hydrogens (tertiary/aromatic N) is 4. The number of nitrogens with one attached hydrogen (secondary N) is 1. The molecule has 0 aromatic heterocycles. The van der Waals surface area contributed by atoms with Crippen molar-refractivity contribution < 1.29 is 0 Å². The highest BCUT2D eigenvalue weighted by Gasteiger charge is 2.50. The summed E-state index contributed by atoms with van der Waals surface area (Å²) in [4.78, 5) is 6.57. The minimum absolute atomic E-state index is 0.240. The van der Waals surface area contributed by atoms with Crippen LogP contribution in [0.4, 0.5) is 0 Å². The first-order valence-corrected chi connectivity index (χ1v) is 8.26. The third-order valence-corrected chi connectivity index (χ3v) is 5.92. The maximum atomic E-state index is 9.16. The van der Waals surface area contributed by atoms with Crippen LogP contribution in [0.15, 0.2) is 0 Å². The van der Waals surface area contributed by atoms with Gasteiger partial charge in [-0.2, -0.15) is 10.5 Å². The highest BCUT2D eigenvalue weighted by molar-refractivity contribution is 5.29. The maximum Gasteiger partial charge on any atom is 0.218 e. The zero-order chi connectivity index (χ0) is 16.4. The Morgan fingerprint density at radius 3 is 1.78 bits per heavy atom. The van der Waals surface area contributed by atoms with Gasteiger partial charge in [0.05, 0.1) is 0 Å². The molecule has 118 valence electrons. The molecule has 0 spiro atoms. The third kappa shape index (κ3) is 2.91. The molecule has 4 fully saturated rings. The molecule has 0 aromatic rings. The number of nitriles is 2.